The lowest BCUT2D eigenvalue weighted by molar-refractivity contribution is -0.115. The van der Waals surface area contributed by atoms with E-state index in [-0.39, 0.29) is 11.6 Å². The standard InChI is InChI=1S/C19H23N5O2S2/c1-4-10-24-18(26)22-23-19(24)28-12(3)16(25)21-17-20-15(11-27-17)14-8-6-13(5-2)7-9-14/h6-9,11-12H,4-5,10H2,1-3H3,(H,22,26)(H,20,21,25)/t12-/m1/s1. The fourth-order valence-electron chi connectivity index (χ4n) is 2.61. The summed E-state index contributed by atoms with van der Waals surface area (Å²) >= 11 is 2.64. The van der Waals surface area contributed by atoms with Gasteiger partial charge in [0.05, 0.1) is 10.9 Å². The molecule has 0 radical (unpaired) electrons. The lowest BCUT2D eigenvalue weighted by Gasteiger charge is -2.10. The minimum absolute atomic E-state index is 0.175. The Labute approximate surface area is 171 Å². The van der Waals surface area contributed by atoms with Crippen molar-refractivity contribution in [3.63, 3.8) is 0 Å². The smallest absolute Gasteiger partial charge is 0.301 e. The van der Waals surface area contributed by atoms with Gasteiger partial charge in [0, 0.05) is 17.5 Å². The number of thiazole rings is 1. The van der Waals surface area contributed by atoms with Gasteiger partial charge in [0.15, 0.2) is 10.3 Å². The van der Waals surface area contributed by atoms with E-state index < -0.39 is 5.25 Å². The Bertz CT molecular complexity index is 990. The Balaban J connectivity index is 1.64. The van der Waals surface area contributed by atoms with Gasteiger partial charge in [-0.2, -0.15) is 0 Å². The average molecular weight is 418 g/mol. The van der Waals surface area contributed by atoms with Gasteiger partial charge in [-0.05, 0) is 25.3 Å². The van der Waals surface area contributed by atoms with Gasteiger partial charge in [0.25, 0.3) is 0 Å². The van der Waals surface area contributed by atoms with Crippen LogP contribution in [0.5, 0.6) is 0 Å². The van der Waals surface area contributed by atoms with Crippen LogP contribution in [0.2, 0.25) is 0 Å². The molecule has 1 amide bonds. The van der Waals surface area contributed by atoms with Crippen molar-refractivity contribution in [1.29, 1.82) is 0 Å². The number of hydrogen-bond donors (Lipinski definition) is 2. The van der Waals surface area contributed by atoms with Gasteiger partial charge in [-0.25, -0.2) is 14.9 Å². The van der Waals surface area contributed by atoms with Crippen molar-refractivity contribution < 1.29 is 4.79 Å². The minimum Gasteiger partial charge on any atom is -0.301 e. The molecule has 0 fully saturated rings. The zero-order chi connectivity index (χ0) is 20.1. The highest BCUT2D eigenvalue weighted by molar-refractivity contribution is 8.00. The van der Waals surface area contributed by atoms with E-state index in [0.29, 0.717) is 16.8 Å². The quantitative estimate of drug-likeness (QED) is 0.544. The summed E-state index contributed by atoms with van der Waals surface area (Å²) in [7, 11) is 0. The number of carbonyl (C=O) groups excluding carboxylic acids is 1. The molecule has 0 saturated carbocycles. The molecular weight excluding hydrogens is 394 g/mol. The van der Waals surface area contributed by atoms with Crippen molar-refractivity contribution in [1.82, 2.24) is 19.7 Å². The second-order valence-electron chi connectivity index (χ2n) is 6.30. The van der Waals surface area contributed by atoms with Gasteiger partial charge < -0.3 is 5.32 Å². The molecule has 2 N–H and O–H groups in total. The van der Waals surface area contributed by atoms with Gasteiger partial charge in [-0.3, -0.25) is 9.36 Å². The molecule has 3 aromatic rings. The predicted molar refractivity (Wildman–Crippen MR) is 114 cm³/mol. The van der Waals surface area contributed by atoms with Crippen molar-refractivity contribution >= 4 is 34.1 Å². The summed E-state index contributed by atoms with van der Waals surface area (Å²) < 4.78 is 1.55. The Morgan fingerprint density at radius 2 is 2.07 bits per heavy atom. The minimum atomic E-state index is -0.415. The molecule has 2 heterocycles. The van der Waals surface area contributed by atoms with Gasteiger partial charge >= 0.3 is 5.69 Å². The largest absolute Gasteiger partial charge is 0.343 e. The Morgan fingerprint density at radius 1 is 1.32 bits per heavy atom. The molecule has 148 valence electrons. The molecule has 28 heavy (non-hydrogen) atoms. The Morgan fingerprint density at radius 3 is 2.75 bits per heavy atom. The molecule has 0 aliphatic heterocycles. The van der Waals surface area contributed by atoms with Crippen molar-refractivity contribution in [2.45, 2.75) is 50.6 Å². The molecule has 1 aromatic carbocycles. The summed E-state index contributed by atoms with van der Waals surface area (Å²) in [4.78, 5) is 28.8. The second-order valence-corrected chi connectivity index (χ2v) is 8.47. The number of H-pyrrole nitrogens is 1. The molecule has 0 spiro atoms. The Kier molecular flexibility index (Phi) is 6.69. The summed E-state index contributed by atoms with van der Waals surface area (Å²) in [6.07, 6.45) is 1.81. The summed E-state index contributed by atoms with van der Waals surface area (Å²) in [6, 6.07) is 8.27. The Hall–Kier alpha value is -2.39. The summed E-state index contributed by atoms with van der Waals surface area (Å²) in [5, 5.41) is 11.9. The molecule has 1 atom stereocenters. The van der Waals surface area contributed by atoms with Crippen LogP contribution >= 0.6 is 23.1 Å². The molecule has 0 saturated heterocycles. The maximum atomic E-state index is 12.5. The number of hydrogen-bond acceptors (Lipinski definition) is 6. The fraction of sp³-hybridized carbons (Fsp3) is 0.368. The van der Waals surface area contributed by atoms with E-state index in [2.05, 4.69) is 39.6 Å². The number of nitrogens with zero attached hydrogens (tertiary/aromatic N) is 3. The maximum Gasteiger partial charge on any atom is 0.343 e. The molecule has 0 unspecified atom stereocenters. The SMILES string of the molecule is CCCn1c(S[C@H](C)C(=O)Nc2nc(-c3ccc(CC)cc3)cs2)n[nH]c1=O. The fourth-order valence-corrected chi connectivity index (χ4v) is 4.21. The number of thioether (sulfide) groups is 1. The average Bonchev–Trinajstić information content (AvgIpc) is 3.30. The first-order valence-electron chi connectivity index (χ1n) is 9.19. The molecule has 0 aliphatic carbocycles. The van der Waals surface area contributed by atoms with Crippen LogP contribution < -0.4 is 11.0 Å². The zero-order valence-electron chi connectivity index (χ0n) is 16.1. The van der Waals surface area contributed by atoms with Crippen LogP contribution in [0.1, 0.15) is 32.8 Å². The van der Waals surface area contributed by atoms with Crippen molar-refractivity contribution in [3.8, 4) is 11.3 Å². The molecule has 9 heteroatoms. The first-order valence-corrected chi connectivity index (χ1v) is 10.9. The van der Waals surface area contributed by atoms with Crippen LogP contribution in [0.15, 0.2) is 39.6 Å². The molecule has 2 aromatic heterocycles. The number of aromatic amines is 1. The van der Waals surface area contributed by atoms with Gasteiger partial charge in [-0.15, -0.1) is 16.4 Å². The highest BCUT2D eigenvalue weighted by Crippen LogP contribution is 2.27. The number of rotatable bonds is 8. The number of carbonyl (C=O) groups is 1. The number of benzene rings is 1. The molecule has 7 nitrogen and oxygen atoms in total. The van der Waals surface area contributed by atoms with E-state index in [1.54, 1.807) is 11.5 Å². The number of amides is 1. The third-order valence-corrected chi connectivity index (χ3v) is 6.06. The molecule has 0 bridgehead atoms. The van der Waals surface area contributed by atoms with Crippen LogP contribution in [0.25, 0.3) is 11.3 Å². The van der Waals surface area contributed by atoms with E-state index in [1.165, 1.54) is 28.7 Å². The van der Waals surface area contributed by atoms with E-state index >= 15 is 0 Å². The maximum absolute atomic E-state index is 12.5. The van der Waals surface area contributed by atoms with Crippen LogP contribution in [0.4, 0.5) is 5.13 Å². The van der Waals surface area contributed by atoms with Crippen LogP contribution in [-0.4, -0.2) is 30.9 Å². The van der Waals surface area contributed by atoms with E-state index in [1.807, 2.05) is 24.4 Å². The zero-order valence-corrected chi connectivity index (χ0v) is 17.7. The summed E-state index contributed by atoms with van der Waals surface area (Å²) in [5.41, 5.74) is 2.89. The van der Waals surface area contributed by atoms with Gasteiger partial charge in [0.2, 0.25) is 5.91 Å². The monoisotopic (exact) mass is 417 g/mol. The predicted octanol–water partition coefficient (Wildman–Crippen LogP) is 3.79. The van der Waals surface area contributed by atoms with E-state index in [0.717, 1.165) is 24.1 Å². The van der Waals surface area contributed by atoms with E-state index in [4.69, 9.17) is 0 Å². The van der Waals surface area contributed by atoms with Gasteiger partial charge in [-0.1, -0.05) is 49.9 Å². The highest BCUT2D eigenvalue weighted by atomic mass is 32.2. The first-order chi connectivity index (χ1) is 13.5. The third kappa shape index (κ3) is 4.71. The van der Waals surface area contributed by atoms with Crippen LogP contribution in [-0.2, 0) is 17.8 Å². The summed E-state index contributed by atoms with van der Waals surface area (Å²) in [5.74, 6) is -0.175. The lowest BCUT2D eigenvalue weighted by Crippen LogP contribution is -2.24. The third-order valence-electron chi connectivity index (χ3n) is 4.21. The normalized spacial score (nSPS) is 12.1. The topological polar surface area (TPSA) is 92.7 Å². The molecular formula is C19H23N5O2S2. The van der Waals surface area contributed by atoms with Crippen LogP contribution in [0, 0.1) is 0 Å². The highest BCUT2D eigenvalue weighted by Gasteiger charge is 2.20. The molecule has 0 aliphatic rings. The number of aryl methyl sites for hydroxylation is 1. The number of anilines is 1. The van der Waals surface area contributed by atoms with Crippen molar-refractivity contribution in [3.05, 3.63) is 45.7 Å². The first kappa shape index (κ1) is 20.3. The van der Waals surface area contributed by atoms with Crippen molar-refractivity contribution in [2.24, 2.45) is 0 Å². The number of aromatic nitrogens is 4. The summed E-state index contributed by atoms with van der Waals surface area (Å²) in [6.45, 7) is 6.46. The van der Waals surface area contributed by atoms with Crippen LogP contribution in [0.3, 0.4) is 0 Å². The second kappa shape index (κ2) is 9.20. The molecule has 3 rings (SSSR count). The van der Waals surface area contributed by atoms with Crippen molar-refractivity contribution in [2.75, 3.05) is 5.32 Å². The number of nitrogens with one attached hydrogen (secondary N) is 2. The van der Waals surface area contributed by atoms with E-state index in [9.17, 15) is 9.59 Å². The lowest BCUT2D eigenvalue weighted by atomic mass is 10.1. The van der Waals surface area contributed by atoms with Gasteiger partial charge in [0.1, 0.15) is 0 Å².